The molecule has 0 aromatic heterocycles. The van der Waals surface area contributed by atoms with Crippen molar-refractivity contribution in [3.63, 3.8) is 0 Å². The normalized spacial score (nSPS) is 8.07. The number of azide groups is 1. The van der Waals surface area contributed by atoms with Gasteiger partial charge in [-0.2, -0.15) is 0 Å². The van der Waals surface area contributed by atoms with Crippen LogP contribution in [0.3, 0.4) is 0 Å². The van der Waals surface area contributed by atoms with Gasteiger partial charge in [-0.15, -0.1) is 0 Å². The molecule has 5 nitrogen and oxygen atoms in total. The Morgan fingerprint density at radius 3 is 2.13 bits per heavy atom. The molecule has 86 valence electrons. The predicted octanol–water partition coefficient (Wildman–Crippen LogP) is 3.04. The molecule has 0 amide bonds. The summed E-state index contributed by atoms with van der Waals surface area (Å²) < 4.78 is 0. The first kappa shape index (κ1) is 16.1. The molecule has 5 heteroatoms. The number of rotatable bonds is 8. The van der Waals surface area contributed by atoms with Gasteiger partial charge in [0, 0.05) is 24.3 Å². The zero-order chi connectivity index (χ0) is 11.8. The summed E-state index contributed by atoms with van der Waals surface area (Å²) in [4.78, 5) is 21.8. The van der Waals surface area contributed by atoms with Gasteiger partial charge in [0.25, 0.3) is 0 Å². The molecule has 15 heavy (non-hydrogen) atoms. The van der Waals surface area contributed by atoms with E-state index in [0.29, 0.717) is 25.8 Å². The Kier molecular flexibility index (Phi) is 19.8. The van der Waals surface area contributed by atoms with E-state index in [1.165, 1.54) is 12.8 Å². The van der Waals surface area contributed by atoms with Crippen molar-refractivity contribution in [2.75, 3.05) is 6.54 Å². The summed E-state index contributed by atoms with van der Waals surface area (Å²) in [7, 11) is 0. The molecule has 0 aliphatic heterocycles. The number of hydrogen-bond acceptors (Lipinski definition) is 3. The average molecular weight is 213 g/mol. The van der Waals surface area contributed by atoms with Gasteiger partial charge in [-0.25, -0.2) is 0 Å². The molecule has 0 aliphatic rings. The molecule has 0 aromatic carbocycles. The van der Waals surface area contributed by atoms with Crippen molar-refractivity contribution in [2.45, 2.75) is 45.4 Å². The Balaban J connectivity index is 0. The molecule has 0 N–H and O–H groups in total. The van der Waals surface area contributed by atoms with Crippen LogP contribution >= 0.6 is 0 Å². The fourth-order valence-electron chi connectivity index (χ4n) is 0.762. The molecule has 0 rings (SSSR count). The second-order valence-electron chi connectivity index (χ2n) is 2.93. The Bertz CT molecular complexity index is 181. The topological polar surface area (TPSA) is 82.9 Å². The Hall–Kier alpha value is -1.35. The van der Waals surface area contributed by atoms with Crippen LogP contribution < -0.4 is 0 Å². The van der Waals surface area contributed by atoms with Gasteiger partial charge in [0.1, 0.15) is 12.6 Å². The van der Waals surface area contributed by atoms with Gasteiger partial charge >= 0.3 is 0 Å². The van der Waals surface area contributed by atoms with E-state index in [0.717, 1.165) is 19.0 Å². The largest absolute Gasteiger partial charge is 0.303 e. The van der Waals surface area contributed by atoms with Crippen LogP contribution in [0, 0.1) is 0 Å². The van der Waals surface area contributed by atoms with E-state index in [1.807, 2.05) is 0 Å². The maximum Gasteiger partial charge on any atom is 0.120 e. The lowest BCUT2D eigenvalue weighted by Crippen LogP contribution is -1.76. The highest BCUT2D eigenvalue weighted by Crippen LogP contribution is 1.92. The molecule has 0 bridgehead atoms. The SMILES string of the molecule is CCCCCN=[N+]=[N-].O=CCCCC=O. The maximum atomic E-state index is 9.56. The summed E-state index contributed by atoms with van der Waals surface area (Å²) in [6.45, 7) is 2.78. The minimum absolute atomic E-state index is 0.513. The van der Waals surface area contributed by atoms with Crippen LogP contribution in [0.5, 0.6) is 0 Å². The lowest BCUT2D eigenvalue weighted by Gasteiger charge is -1.86. The van der Waals surface area contributed by atoms with E-state index in [1.54, 1.807) is 0 Å². The smallest absolute Gasteiger partial charge is 0.120 e. The molecule has 0 atom stereocenters. The first-order valence-corrected chi connectivity index (χ1v) is 5.21. The van der Waals surface area contributed by atoms with Gasteiger partial charge in [-0.05, 0) is 18.4 Å². The number of carbonyl (C=O) groups excluding carboxylic acids is 2. The van der Waals surface area contributed by atoms with Crippen LogP contribution in [0.2, 0.25) is 0 Å². The maximum absolute atomic E-state index is 9.56. The molecule has 0 saturated heterocycles. The molecule has 0 aromatic rings. The van der Waals surface area contributed by atoms with Crippen LogP contribution in [0.1, 0.15) is 45.4 Å². The average Bonchev–Trinajstić information content (AvgIpc) is 2.26. The highest BCUT2D eigenvalue weighted by Gasteiger charge is 1.80. The quantitative estimate of drug-likeness (QED) is 0.204. The summed E-state index contributed by atoms with van der Waals surface area (Å²) in [6, 6.07) is 0. The third-order valence-electron chi connectivity index (χ3n) is 1.57. The number of unbranched alkanes of at least 4 members (excludes halogenated alkanes) is 4. The molecule has 0 heterocycles. The van der Waals surface area contributed by atoms with Crippen molar-refractivity contribution in [2.24, 2.45) is 5.11 Å². The molecule has 0 spiro atoms. The van der Waals surface area contributed by atoms with Crippen LogP contribution in [-0.2, 0) is 9.59 Å². The Morgan fingerprint density at radius 1 is 1.13 bits per heavy atom. The van der Waals surface area contributed by atoms with E-state index in [-0.39, 0.29) is 0 Å². The standard InChI is InChI=1S/C5H11N3.C5H8O2/c1-2-3-4-5-7-8-6;6-4-2-1-3-5-7/h2-5H2,1H3;4-5H,1-3H2. The van der Waals surface area contributed by atoms with Crippen LogP contribution in [0.25, 0.3) is 10.4 Å². The zero-order valence-electron chi connectivity index (χ0n) is 9.26. The first-order chi connectivity index (χ1) is 7.33. The summed E-state index contributed by atoms with van der Waals surface area (Å²) in [5, 5.41) is 3.39. The van der Waals surface area contributed by atoms with Crippen molar-refractivity contribution < 1.29 is 9.59 Å². The highest BCUT2D eigenvalue weighted by atomic mass is 16.1. The molecular weight excluding hydrogens is 194 g/mol. The number of hydrogen-bond donors (Lipinski definition) is 0. The minimum Gasteiger partial charge on any atom is -0.303 e. The molecule has 0 aliphatic carbocycles. The van der Waals surface area contributed by atoms with Crippen LogP contribution in [-0.4, -0.2) is 19.1 Å². The fraction of sp³-hybridized carbons (Fsp3) is 0.800. The molecule has 0 saturated carbocycles. The van der Waals surface area contributed by atoms with E-state index in [2.05, 4.69) is 16.9 Å². The van der Waals surface area contributed by atoms with Crippen molar-refractivity contribution in [1.82, 2.24) is 0 Å². The summed E-state index contributed by atoms with van der Waals surface area (Å²) >= 11 is 0. The third kappa shape index (κ3) is 24.5. The lowest BCUT2D eigenvalue weighted by atomic mass is 10.3. The number of nitrogens with zero attached hydrogens (tertiary/aromatic N) is 3. The summed E-state index contributed by atoms with van der Waals surface area (Å²) in [5.74, 6) is 0. The van der Waals surface area contributed by atoms with Crippen LogP contribution in [0.4, 0.5) is 0 Å². The third-order valence-corrected chi connectivity index (χ3v) is 1.57. The van der Waals surface area contributed by atoms with E-state index in [9.17, 15) is 9.59 Å². The minimum atomic E-state index is 0.513. The van der Waals surface area contributed by atoms with Crippen LogP contribution in [0.15, 0.2) is 5.11 Å². The fourth-order valence-corrected chi connectivity index (χ4v) is 0.762. The van der Waals surface area contributed by atoms with E-state index < -0.39 is 0 Å². The van der Waals surface area contributed by atoms with Crippen molar-refractivity contribution in [3.8, 4) is 0 Å². The Morgan fingerprint density at radius 2 is 1.73 bits per heavy atom. The van der Waals surface area contributed by atoms with Gasteiger partial charge in [-0.3, -0.25) is 0 Å². The number of carbonyl (C=O) groups is 2. The van der Waals surface area contributed by atoms with Crippen molar-refractivity contribution >= 4 is 12.6 Å². The second kappa shape index (κ2) is 18.4. The predicted molar refractivity (Wildman–Crippen MR) is 59.5 cm³/mol. The monoisotopic (exact) mass is 213 g/mol. The van der Waals surface area contributed by atoms with Gasteiger partial charge in [0.15, 0.2) is 0 Å². The highest BCUT2D eigenvalue weighted by molar-refractivity contribution is 5.52. The summed E-state index contributed by atoms with van der Waals surface area (Å²) in [6.07, 6.45) is 6.75. The summed E-state index contributed by atoms with van der Waals surface area (Å²) in [5.41, 5.74) is 7.82. The molecule has 0 fully saturated rings. The molecule has 0 unspecified atom stereocenters. The lowest BCUT2D eigenvalue weighted by molar-refractivity contribution is -0.108. The van der Waals surface area contributed by atoms with Gasteiger partial charge in [0.2, 0.25) is 0 Å². The number of aldehydes is 2. The van der Waals surface area contributed by atoms with Crippen molar-refractivity contribution in [3.05, 3.63) is 10.4 Å². The molecule has 0 radical (unpaired) electrons. The second-order valence-corrected chi connectivity index (χ2v) is 2.93. The van der Waals surface area contributed by atoms with E-state index >= 15 is 0 Å². The first-order valence-electron chi connectivity index (χ1n) is 5.21. The van der Waals surface area contributed by atoms with Crippen molar-refractivity contribution in [1.29, 1.82) is 0 Å². The van der Waals surface area contributed by atoms with Gasteiger partial charge in [-0.1, -0.05) is 24.9 Å². The zero-order valence-corrected chi connectivity index (χ0v) is 9.26. The molecular formula is C10H19N3O2. The Labute approximate surface area is 90.5 Å². The van der Waals surface area contributed by atoms with Gasteiger partial charge in [0.05, 0.1) is 0 Å². The van der Waals surface area contributed by atoms with Gasteiger partial charge < -0.3 is 9.59 Å². The van der Waals surface area contributed by atoms with E-state index in [4.69, 9.17) is 5.53 Å².